The lowest BCUT2D eigenvalue weighted by Gasteiger charge is -2.04. The number of rotatable bonds is 1. The molecule has 2 rings (SSSR count). The molecule has 0 aromatic carbocycles. The molecule has 0 spiro atoms. The van der Waals surface area contributed by atoms with E-state index in [4.69, 9.17) is 21.9 Å². The van der Waals surface area contributed by atoms with Crippen molar-refractivity contribution in [1.29, 1.82) is 0 Å². The molecule has 2 N–H and O–H groups in total. The first-order chi connectivity index (χ1) is 7.09. The van der Waals surface area contributed by atoms with Crippen LogP contribution in [-0.4, -0.2) is 15.4 Å². The summed E-state index contributed by atoms with van der Waals surface area (Å²) in [5.41, 5.74) is 7.86. The molecule has 0 aliphatic rings. The zero-order chi connectivity index (χ0) is 11.0. The molecule has 0 aliphatic heterocycles. The van der Waals surface area contributed by atoms with Crippen molar-refractivity contribution in [3.63, 3.8) is 0 Å². The smallest absolute Gasteiger partial charge is 0.172 e. The van der Waals surface area contributed by atoms with Gasteiger partial charge >= 0.3 is 0 Å². The molecular weight excluding hydrogens is 216 g/mol. The number of halogens is 1. The molecule has 5 nitrogen and oxygen atoms in total. The third-order valence-electron chi connectivity index (χ3n) is 2.19. The highest BCUT2D eigenvalue weighted by atomic mass is 35.5. The van der Waals surface area contributed by atoms with E-state index < -0.39 is 0 Å². The molecule has 0 amide bonds. The monoisotopic (exact) mass is 224 g/mol. The Kier molecular flexibility index (Phi) is 2.32. The number of aromatic nitrogens is 3. The number of hydrogen-bond donors (Lipinski definition) is 1. The molecule has 0 bridgehead atoms. The molecule has 6 heteroatoms. The fourth-order valence-corrected chi connectivity index (χ4v) is 1.55. The van der Waals surface area contributed by atoms with Gasteiger partial charge in [-0.25, -0.2) is 0 Å². The molecule has 0 saturated carbocycles. The minimum atomic E-state index is 0.286. The van der Waals surface area contributed by atoms with Crippen molar-refractivity contribution in [2.24, 2.45) is 0 Å². The van der Waals surface area contributed by atoms with Gasteiger partial charge in [0.25, 0.3) is 0 Å². The Morgan fingerprint density at radius 3 is 2.67 bits per heavy atom. The second-order valence-electron chi connectivity index (χ2n) is 3.19. The van der Waals surface area contributed by atoms with E-state index in [9.17, 15) is 0 Å². The van der Waals surface area contributed by atoms with Gasteiger partial charge in [0, 0.05) is 6.07 Å². The predicted octanol–water partition coefficient (Wildman–Crippen LogP) is 1.98. The van der Waals surface area contributed by atoms with E-state index in [-0.39, 0.29) is 5.15 Å². The summed E-state index contributed by atoms with van der Waals surface area (Å²) in [6, 6.07) is 1.61. The number of anilines is 1. The number of aryl methyl sites for hydroxylation is 1. The van der Waals surface area contributed by atoms with Crippen molar-refractivity contribution in [3.8, 4) is 11.3 Å². The predicted molar refractivity (Wildman–Crippen MR) is 56.4 cm³/mol. The SMILES string of the molecule is Cc1nnc(Cl)c(-c2cc(N)no2)c1C. The van der Waals surface area contributed by atoms with Gasteiger partial charge in [-0.2, -0.15) is 5.10 Å². The Bertz CT molecular complexity index is 509. The van der Waals surface area contributed by atoms with E-state index in [0.717, 1.165) is 11.3 Å². The molecule has 0 aliphatic carbocycles. The maximum atomic E-state index is 5.94. The van der Waals surface area contributed by atoms with Crippen LogP contribution in [0.5, 0.6) is 0 Å². The van der Waals surface area contributed by atoms with Gasteiger partial charge in [0.15, 0.2) is 16.7 Å². The van der Waals surface area contributed by atoms with E-state index in [1.807, 2.05) is 13.8 Å². The quantitative estimate of drug-likeness (QED) is 0.802. The Morgan fingerprint density at radius 1 is 1.33 bits per heavy atom. The van der Waals surface area contributed by atoms with Crippen LogP contribution in [0.3, 0.4) is 0 Å². The van der Waals surface area contributed by atoms with Crippen LogP contribution in [0.1, 0.15) is 11.3 Å². The lowest BCUT2D eigenvalue weighted by atomic mass is 10.1. The van der Waals surface area contributed by atoms with E-state index in [1.165, 1.54) is 0 Å². The normalized spacial score (nSPS) is 10.6. The fraction of sp³-hybridized carbons (Fsp3) is 0.222. The maximum Gasteiger partial charge on any atom is 0.172 e. The molecule has 78 valence electrons. The van der Waals surface area contributed by atoms with Crippen molar-refractivity contribution < 1.29 is 4.52 Å². The summed E-state index contributed by atoms with van der Waals surface area (Å²) in [4.78, 5) is 0. The van der Waals surface area contributed by atoms with Gasteiger partial charge in [-0.15, -0.1) is 5.10 Å². The average Bonchev–Trinajstić information content (AvgIpc) is 2.59. The highest BCUT2D eigenvalue weighted by Gasteiger charge is 2.15. The molecule has 0 radical (unpaired) electrons. The Hall–Kier alpha value is -1.62. The zero-order valence-corrected chi connectivity index (χ0v) is 9.04. The molecule has 15 heavy (non-hydrogen) atoms. The van der Waals surface area contributed by atoms with Crippen LogP contribution < -0.4 is 5.73 Å². The molecule has 0 unspecified atom stereocenters. The highest BCUT2D eigenvalue weighted by Crippen LogP contribution is 2.30. The molecule has 0 atom stereocenters. The number of nitrogens with two attached hydrogens (primary N) is 1. The molecule has 2 aromatic heterocycles. The van der Waals surface area contributed by atoms with Crippen molar-refractivity contribution in [2.75, 3.05) is 5.73 Å². The first kappa shape index (κ1) is 9.92. The third kappa shape index (κ3) is 1.66. The summed E-state index contributed by atoms with van der Waals surface area (Å²) in [6.45, 7) is 3.74. The van der Waals surface area contributed by atoms with Crippen LogP contribution >= 0.6 is 11.6 Å². The van der Waals surface area contributed by atoms with Crippen LogP contribution in [-0.2, 0) is 0 Å². The van der Waals surface area contributed by atoms with Gasteiger partial charge in [0.1, 0.15) is 0 Å². The summed E-state index contributed by atoms with van der Waals surface area (Å²) in [6.07, 6.45) is 0. The second kappa shape index (κ2) is 3.51. The minimum absolute atomic E-state index is 0.286. The lowest BCUT2D eigenvalue weighted by Crippen LogP contribution is -1.95. The van der Waals surface area contributed by atoms with Crippen molar-refractivity contribution >= 4 is 17.4 Å². The Labute approximate surface area is 91.2 Å². The Balaban J connectivity index is 2.66. The first-order valence-electron chi connectivity index (χ1n) is 4.31. The van der Waals surface area contributed by atoms with Crippen molar-refractivity contribution in [2.45, 2.75) is 13.8 Å². The van der Waals surface area contributed by atoms with E-state index in [0.29, 0.717) is 17.1 Å². The molecule has 2 heterocycles. The largest absolute Gasteiger partial charge is 0.381 e. The fourth-order valence-electron chi connectivity index (χ4n) is 1.27. The van der Waals surface area contributed by atoms with Crippen LogP contribution in [0.2, 0.25) is 5.15 Å². The topological polar surface area (TPSA) is 77.8 Å². The Morgan fingerprint density at radius 2 is 2.07 bits per heavy atom. The van der Waals surface area contributed by atoms with Gasteiger partial charge in [-0.1, -0.05) is 16.8 Å². The van der Waals surface area contributed by atoms with Crippen LogP contribution in [0, 0.1) is 13.8 Å². The molecule has 0 fully saturated rings. The van der Waals surface area contributed by atoms with Gasteiger partial charge in [0.2, 0.25) is 0 Å². The van der Waals surface area contributed by atoms with Gasteiger partial charge in [0.05, 0.1) is 11.3 Å². The van der Waals surface area contributed by atoms with Gasteiger partial charge in [-0.05, 0) is 19.4 Å². The minimum Gasteiger partial charge on any atom is -0.381 e. The second-order valence-corrected chi connectivity index (χ2v) is 3.55. The lowest BCUT2D eigenvalue weighted by molar-refractivity contribution is 0.435. The van der Waals surface area contributed by atoms with E-state index in [1.54, 1.807) is 6.07 Å². The molecule has 0 saturated heterocycles. The molecule has 2 aromatic rings. The number of nitrogens with zero attached hydrogens (tertiary/aromatic N) is 3. The standard InChI is InChI=1S/C9H9ClN4O/c1-4-5(2)12-13-9(10)8(4)6-3-7(11)14-15-6/h3H,1-2H3,(H2,11,14). The number of nitrogen functional groups attached to an aromatic ring is 1. The van der Waals surface area contributed by atoms with Crippen molar-refractivity contribution in [1.82, 2.24) is 15.4 Å². The van der Waals surface area contributed by atoms with Crippen molar-refractivity contribution in [3.05, 3.63) is 22.5 Å². The third-order valence-corrected chi connectivity index (χ3v) is 2.45. The zero-order valence-electron chi connectivity index (χ0n) is 8.28. The van der Waals surface area contributed by atoms with Crippen LogP contribution in [0.15, 0.2) is 10.6 Å². The van der Waals surface area contributed by atoms with Gasteiger partial charge < -0.3 is 10.3 Å². The summed E-state index contributed by atoms with van der Waals surface area (Å²) < 4.78 is 5.04. The summed E-state index contributed by atoms with van der Waals surface area (Å²) in [5, 5.41) is 11.6. The summed E-state index contributed by atoms with van der Waals surface area (Å²) in [5.74, 6) is 0.822. The van der Waals surface area contributed by atoms with E-state index >= 15 is 0 Å². The summed E-state index contributed by atoms with van der Waals surface area (Å²) >= 11 is 5.94. The first-order valence-corrected chi connectivity index (χ1v) is 4.69. The average molecular weight is 225 g/mol. The van der Waals surface area contributed by atoms with Gasteiger partial charge in [-0.3, -0.25) is 0 Å². The van der Waals surface area contributed by atoms with Crippen LogP contribution in [0.25, 0.3) is 11.3 Å². The maximum absolute atomic E-state index is 5.94. The molecular formula is C9H9ClN4O. The van der Waals surface area contributed by atoms with Crippen LogP contribution in [0.4, 0.5) is 5.82 Å². The summed E-state index contributed by atoms with van der Waals surface area (Å²) in [7, 11) is 0. The van der Waals surface area contributed by atoms with E-state index in [2.05, 4.69) is 15.4 Å². The number of hydrogen-bond acceptors (Lipinski definition) is 5. The highest BCUT2D eigenvalue weighted by molar-refractivity contribution is 6.32.